The first-order valence-corrected chi connectivity index (χ1v) is 6.42. The summed E-state index contributed by atoms with van der Waals surface area (Å²) in [7, 11) is 0. The van der Waals surface area contributed by atoms with Crippen molar-refractivity contribution in [1.29, 1.82) is 0 Å². The Kier molecular flexibility index (Phi) is 3.92. The van der Waals surface area contributed by atoms with Crippen LogP contribution in [0.5, 0.6) is 0 Å². The first kappa shape index (κ1) is 12.7. The van der Waals surface area contributed by atoms with Gasteiger partial charge in [-0.05, 0) is 40.2 Å². The van der Waals surface area contributed by atoms with Crippen LogP contribution in [0.2, 0.25) is 10.0 Å². The van der Waals surface area contributed by atoms with Gasteiger partial charge in [0.05, 0.1) is 11.0 Å². The van der Waals surface area contributed by atoms with Crippen LogP contribution in [0.25, 0.3) is 0 Å². The van der Waals surface area contributed by atoms with Crippen molar-refractivity contribution in [3.63, 3.8) is 0 Å². The van der Waals surface area contributed by atoms with E-state index in [0.29, 0.717) is 21.1 Å². The minimum absolute atomic E-state index is 0.108. The number of nitrogens with zero attached hydrogens (tertiary/aromatic N) is 1. The lowest BCUT2D eigenvalue weighted by molar-refractivity contribution is 0.755. The first-order valence-electron chi connectivity index (χ1n) is 4.87. The molecule has 2 nitrogen and oxygen atoms in total. The van der Waals surface area contributed by atoms with E-state index in [2.05, 4.69) is 15.9 Å². The number of benzene rings is 1. The third-order valence-corrected chi connectivity index (χ3v) is 3.68. The second kappa shape index (κ2) is 5.25. The Morgan fingerprint density at radius 2 is 1.76 bits per heavy atom. The molecule has 0 bridgehead atoms. The molecule has 5 heteroatoms. The van der Waals surface area contributed by atoms with Crippen LogP contribution in [0.1, 0.15) is 5.56 Å². The molecule has 0 radical (unpaired) electrons. The average Bonchev–Trinajstić information content (AvgIpc) is 2.29. The standard InChI is InChI=1S/C12H8BrCl2NO/c13-9-3-2-6-16(12(9)17)7-8-10(14)4-1-5-11(8)15/h1-6H,7H2. The summed E-state index contributed by atoms with van der Waals surface area (Å²) in [5.74, 6) is 0. The van der Waals surface area contributed by atoms with Crippen molar-refractivity contribution in [2.24, 2.45) is 0 Å². The van der Waals surface area contributed by atoms with Gasteiger partial charge in [0, 0.05) is 21.8 Å². The van der Waals surface area contributed by atoms with Crippen LogP contribution >= 0.6 is 39.1 Å². The molecule has 1 aromatic heterocycles. The van der Waals surface area contributed by atoms with Crippen LogP contribution in [-0.2, 0) is 6.54 Å². The molecule has 0 spiro atoms. The summed E-state index contributed by atoms with van der Waals surface area (Å²) in [5.41, 5.74) is 0.638. The predicted octanol–water partition coefficient (Wildman–Crippen LogP) is 3.97. The number of aromatic nitrogens is 1. The first-order chi connectivity index (χ1) is 8.09. The van der Waals surface area contributed by atoms with Crippen molar-refractivity contribution < 1.29 is 0 Å². The zero-order valence-corrected chi connectivity index (χ0v) is 11.8. The van der Waals surface area contributed by atoms with Crippen LogP contribution in [-0.4, -0.2) is 4.57 Å². The van der Waals surface area contributed by atoms with Crippen LogP contribution in [0.4, 0.5) is 0 Å². The minimum atomic E-state index is -0.108. The van der Waals surface area contributed by atoms with Gasteiger partial charge in [-0.15, -0.1) is 0 Å². The smallest absolute Gasteiger partial charge is 0.265 e. The van der Waals surface area contributed by atoms with Crippen LogP contribution < -0.4 is 5.56 Å². The minimum Gasteiger partial charge on any atom is -0.310 e. The summed E-state index contributed by atoms with van der Waals surface area (Å²) in [6.45, 7) is 0.358. The largest absolute Gasteiger partial charge is 0.310 e. The number of hydrogen-bond donors (Lipinski definition) is 0. The molecule has 0 aliphatic heterocycles. The number of rotatable bonds is 2. The molecule has 0 unspecified atom stereocenters. The summed E-state index contributed by atoms with van der Waals surface area (Å²) >= 11 is 15.3. The SMILES string of the molecule is O=c1c(Br)cccn1Cc1c(Cl)cccc1Cl. The van der Waals surface area contributed by atoms with Gasteiger partial charge in [-0.25, -0.2) is 0 Å². The third-order valence-electron chi connectivity index (χ3n) is 2.36. The topological polar surface area (TPSA) is 22.0 Å². The Hall–Kier alpha value is -0.770. The highest BCUT2D eigenvalue weighted by atomic mass is 79.9. The molecule has 88 valence electrons. The van der Waals surface area contributed by atoms with E-state index in [9.17, 15) is 4.79 Å². The molecule has 1 heterocycles. The average molecular weight is 333 g/mol. The van der Waals surface area contributed by atoms with Gasteiger partial charge in [0.1, 0.15) is 0 Å². The molecule has 0 saturated heterocycles. The molecule has 17 heavy (non-hydrogen) atoms. The molecule has 0 N–H and O–H groups in total. The number of halogens is 3. The maximum atomic E-state index is 11.8. The highest BCUT2D eigenvalue weighted by Gasteiger charge is 2.07. The zero-order valence-electron chi connectivity index (χ0n) is 8.66. The molecule has 0 aliphatic rings. The lowest BCUT2D eigenvalue weighted by atomic mass is 10.2. The number of hydrogen-bond acceptors (Lipinski definition) is 1. The van der Waals surface area contributed by atoms with Crippen molar-refractivity contribution in [3.8, 4) is 0 Å². The van der Waals surface area contributed by atoms with E-state index in [-0.39, 0.29) is 5.56 Å². The Labute approximate surface area is 117 Å². The van der Waals surface area contributed by atoms with Crippen LogP contribution in [0.15, 0.2) is 45.8 Å². The van der Waals surface area contributed by atoms with E-state index in [0.717, 1.165) is 5.56 Å². The molecule has 0 fully saturated rings. The molecule has 0 atom stereocenters. The second-order valence-corrected chi connectivity index (χ2v) is 5.16. The lowest BCUT2D eigenvalue weighted by Crippen LogP contribution is -2.20. The fourth-order valence-electron chi connectivity index (χ4n) is 1.49. The van der Waals surface area contributed by atoms with E-state index in [1.165, 1.54) is 0 Å². The quantitative estimate of drug-likeness (QED) is 0.815. The third kappa shape index (κ3) is 2.73. The highest BCUT2D eigenvalue weighted by Crippen LogP contribution is 2.24. The summed E-state index contributed by atoms with van der Waals surface area (Å²) in [5, 5.41) is 1.12. The zero-order chi connectivity index (χ0) is 12.4. The van der Waals surface area contributed by atoms with Gasteiger partial charge in [0.15, 0.2) is 0 Å². The summed E-state index contributed by atoms with van der Waals surface area (Å²) in [6.07, 6.45) is 1.70. The molecule has 0 amide bonds. The fourth-order valence-corrected chi connectivity index (χ4v) is 2.38. The van der Waals surface area contributed by atoms with Gasteiger partial charge in [0.2, 0.25) is 0 Å². The van der Waals surface area contributed by atoms with Crippen molar-refractivity contribution >= 4 is 39.1 Å². The molecule has 0 aliphatic carbocycles. The van der Waals surface area contributed by atoms with Crippen LogP contribution in [0, 0.1) is 0 Å². The fraction of sp³-hybridized carbons (Fsp3) is 0.0833. The van der Waals surface area contributed by atoms with Gasteiger partial charge in [0.25, 0.3) is 5.56 Å². The van der Waals surface area contributed by atoms with Crippen molar-refractivity contribution in [2.75, 3.05) is 0 Å². The Bertz CT molecular complexity index is 589. The monoisotopic (exact) mass is 331 g/mol. The summed E-state index contributed by atoms with van der Waals surface area (Å²) < 4.78 is 2.07. The number of pyridine rings is 1. The molecular formula is C12H8BrCl2NO. The Morgan fingerprint density at radius 3 is 2.41 bits per heavy atom. The van der Waals surface area contributed by atoms with Crippen LogP contribution in [0.3, 0.4) is 0 Å². The van der Waals surface area contributed by atoms with E-state index < -0.39 is 0 Å². The maximum absolute atomic E-state index is 11.8. The predicted molar refractivity (Wildman–Crippen MR) is 74.0 cm³/mol. The van der Waals surface area contributed by atoms with Crippen molar-refractivity contribution in [2.45, 2.75) is 6.54 Å². The second-order valence-electron chi connectivity index (χ2n) is 3.49. The Balaban J connectivity index is 2.45. The Morgan fingerprint density at radius 1 is 1.12 bits per heavy atom. The lowest BCUT2D eigenvalue weighted by Gasteiger charge is -2.09. The van der Waals surface area contributed by atoms with Crippen molar-refractivity contribution in [1.82, 2.24) is 4.57 Å². The van der Waals surface area contributed by atoms with E-state index in [4.69, 9.17) is 23.2 Å². The van der Waals surface area contributed by atoms with Gasteiger partial charge < -0.3 is 4.57 Å². The molecular weight excluding hydrogens is 325 g/mol. The van der Waals surface area contributed by atoms with E-state index in [1.54, 1.807) is 41.1 Å². The molecule has 1 aromatic carbocycles. The van der Waals surface area contributed by atoms with E-state index in [1.807, 2.05) is 0 Å². The normalized spacial score (nSPS) is 10.5. The van der Waals surface area contributed by atoms with Gasteiger partial charge in [-0.2, -0.15) is 0 Å². The van der Waals surface area contributed by atoms with Gasteiger partial charge >= 0.3 is 0 Å². The molecule has 0 saturated carbocycles. The van der Waals surface area contributed by atoms with Crippen molar-refractivity contribution in [3.05, 3.63) is 67.0 Å². The van der Waals surface area contributed by atoms with Gasteiger partial charge in [-0.1, -0.05) is 29.3 Å². The maximum Gasteiger partial charge on any atom is 0.265 e. The highest BCUT2D eigenvalue weighted by molar-refractivity contribution is 9.10. The molecule has 2 aromatic rings. The summed E-state index contributed by atoms with van der Waals surface area (Å²) in [4.78, 5) is 11.8. The van der Waals surface area contributed by atoms with E-state index >= 15 is 0 Å². The van der Waals surface area contributed by atoms with Gasteiger partial charge in [-0.3, -0.25) is 4.79 Å². The molecule has 2 rings (SSSR count). The summed E-state index contributed by atoms with van der Waals surface area (Å²) in [6, 6.07) is 8.78.